The Labute approximate surface area is 126 Å². The van der Waals surface area contributed by atoms with Crippen molar-refractivity contribution in [2.24, 2.45) is 0 Å². The van der Waals surface area contributed by atoms with Gasteiger partial charge in [-0.2, -0.15) is 0 Å². The maximum absolute atomic E-state index is 12.3. The van der Waals surface area contributed by atoms with Crippen LogP contribution in [0.25, 0.3) is 0 Å². The van der Waals surface area contributed by atoms with Crippen LogP contribution in [0.5, 0.6) is 0 Å². The van der Waals surface area contributed by atoms with Gasteiger partial charge in [-0.25, -0.2) is 0 Å². The second-order valence-corrected chi connectivity index (χ2v) is 7.11. The number of nitrogens with zero attached hydrogens (tertiary/aromatic N) is 1. The summed E-state index contributed by atoms with van der Waals surface area (Å²) < 4.78 is 11.5. The van der Waals surface area contributed by atoms with E-state index in [0.717, 1.165) is 5.56 Å². The van der Waals surface area contributed by atoms with Gasteiger partial charge in [0.15, 0.2) is 0 Å². The zero-order valence-corrected chi connectivity index (χ0v) is 12.5. The molecule has 1 unspecified atom stereocenters. The van der Waals surface area contributed by atoms with Gasteiger partial charge in [0, 0.05) is 28.3 Å². The number of amides is 2. The molecule has 2 saturated heterocycles. The molecule has 3 rings (SSSR count). The van der Waals surface area contributed by atoms with Crippen molar-refractivity contribution in [2.45, 2.75) is 24.9 Å². The normalized spacial score (nSPS) is 30.1. The summed E-state index contributed by atoms with van der Waals surface area (Å²) in [5.41, 5.74) is 0.828. The largest absolute Gasteiger partial charge is 0.345 e. The second-order valence-electron chi connectivity index (χ2n) is 5.41. The molecule has 1 atom stereocenters. The van der Waals surface area contributed by atoms with Gasteiger partial charge in [0.05, 0.1) is 6.54 Å². The molecule has 0 aromatic heterocycles. The number of piperazine rings is 1. The molecular formula is C15H18N2O3S. The fourth-order valence-electron chi connectivity index (χ4n) is 3.04. The SMILES string of the molecule is O=C1NCC(=O)N(C2CCS(=O)CC2)C1c1ccccc1. The lowest BCUT2D eigenvalue weighted by Gasteiger charge is -2.42. The van der Waals surface area contributed by atoms with Gasteiger partial charge < -0.3 is 10.2 Å². The summed E-state index contributed by atoms with van der Waals surface area (Å²) in [6.07, 6.45) is 1.41. The van der Waals surface area contributed by atoms with Crippen molar-refractivity contribution in [3.05, 3.63) is 35.9 Å². The Hall–Kier alpha value is -1.69. The minimum Gasteiger partial charge on any atom is -0.345 e. The Morgan fingerprint density at radius 3 is 2.43 bits per heavy atom. The van der Waals surface area contributed by atoms with Gasteiger partial charge in [0.2, 0.25) is 11.8 Å². The van der Waals surface area contributed by atoms with Crippen molar-refractivity contribution in [1.82, 2.24) is 10.2 Å². The highest BCUT2D eigenvalue weighted by atomic mass is 32.2. The Bertz CT molecular complexity index is 566. The van der Waals surface area contributed by atoms with E-state index in [9.17, 15) is 13.8 Å². The van der Waals surface area contributed by atoms with Crippen molar-refractivity contribution >= 4 is 22.6 Å². The van der Waals surface area contributed by atoms with E-state index in [2.05, 4.69) is 5.32 Å². The summed E-state index contributed by atoms with van der Waals surface area (Å²) in [6, 6.07) is 8.81. The molecule has 0 radical (unpaired) electrons. The third-order valence-electron chi connectivity index (χ3n) is 4.09. The maximum atomic E-state index is 12.3. The van der Waals surface area contributed by atoms with Crippen LogP contribution < -0.4 is 5.32 Å². The summed E-state index contributed by atoms with van der Waals surface area (Å²) >= 11 is 0. The van der Waals surface area contributed by atoms with Crippen LogP contribution in [-0.2, 0) is 20.4 Å². The van der Waals surface area contributed by atoms with E-state index in [0.29, 0.717) is 24.3 Å². The van der Waals surface area contributed by atoms with E-state index in [1.807, 2.05) is 30.3 Å². The average molecular weight is 306 g/mol. The van der Waals surface area contributed by atoms with Crippen LogP contribution in [-0.4, -0.2) is 45.0 Å². The van der Waals surface area contributed by atoms with Crippen molar-refractivity contribution in [1.29, 1.82) is 0 Å². The Balaban J connectivity index is 1.91. The molecular weight excluding hydrogens is 288 g/mol. The van der Waals surface area contributed by atoms with E-state index in [1.54, 1.807) is 4.90 Å². The summed E-state index contributed by atoms with van der Waals surface area (Å²) in [5.74, 6) is 1.03. The average Bonchev–Trinajstić information content (AvgIpc) is 2.51. The molecule has 1 aromatic rings. The lowest BCUT2D eigenvalue weighted by atomic mass is 9.98. The first-order valence-corrected chi connectivity index (χ1v) is 8.64. The first-order valence-electron chi connectivity index (χ1n) is 7.15. The molecule has 112 valence electrons. The lowest BCUT2D eigenvalue weighted by molar-refractivity contribution is -0.148. The third-order valence-corrected chi connectivity index (χ3v) is 5.48. The van der Waals surface area contributed by atoms with Gasteiger partial charge in [-0.1, -0.05) is 30.3 Å². The molecule has 2 aliphatic heterocycles. The maximum Gasteiger partial charge on any atom is 0.247 e. The Morgan fingerprint density at radius 1 is 1.10 bits per heavy atom. The smallest absolute Gasteiger partial charge is 0.247 e. The van der Waals surface area contributed by atoms with Crippen LogP contribution in [0.1, 0.15) is 24.4 Å². The second kappa shape index (κ2) is 5.97. The molecule has 2 amide bonds. The summed E-state index contributed by atoms with van der Waals surface area (Å²) in [5, 5.41) is 2.67. The number of nitrogens with one attached hydrogen (secondary N) is 1. The van der Waals surface area contributed by atoms with Crippen molar-refractivity contribution in [3.8, 4) is 0 Å². The highest BCUT2D eigenvalue weighted by Gasteiger charge is 2.40. The molecule has 0 aliphatic carbocycles. The van der Waals surface area contributed by atoms with Crippen molar-refractivity contribution < 1.29 is 13.8 Å². The quantitative estimate of drug-likeness (QED) is 0.870. The molecule has 5 nitrogen and oxygen atoms in total. The highest BCUT2D eigenvalue weighted by molar-refractivity contribution is 7.85. The number of carbonyl (C=O) groups is 2. The topological polar surface area (TPSA) is 66.5 Å². The van der Waals surface area contributed by atoms with Gasteiger partial charge in [-0.15, -0.1) is 0 Å². The summed E-state index contributed by atoms with van der Waals surface area (Å²) in [7, 11) is -0.780. The predicted octanol–water partition coefficient (Wildman–Crippen LogP) is 0.597. The minimum atomic E-state index is -0.780. The zero-order chi connectivity index (χ0) is 14.8. The molecule has 21 heavy (non-hydrogen) atoms. The lowest BCUT2D eigenvalue weighted by Crippen LogP contribution is -2.58. The van der Waals surface area contributed by atoms with Gasteiger partial charge >= 0.3 is 0 Å². The molecule has 0 spiro atoms. The number of benzene rings is 1. The van der Waals surface area contributed by atoms with Crippen LogP contribution in [0.2, 0.25) is 0 Å². The number of hydrogen-bond acceptors (Lipinski definition) is 3. The summed E-state index contributed by atoms with van der Waals surface area (Å²) in [4.78, 5) is 26.3. The molecule has 2 heterocycles. The fraction of sp³-hybridized carbons (Fsp3) is 0.467. The molecule has 1 N–H and O–H groups in total. The van der Waals surface area contributed by atoms with E-state index in [4.69, 9.17) is 0 Å². The van der Waals surface area contributed by atoms with Crippen molar-refractivity contribution in [2.75, 3.05) is 18.1 Å². The predicted molar refractivity (Wildman–Crippen MR) is 79.9 cm³/mol. The number of hydrogen-bond donors (Lipinski definition) is 1. The van der Waals surface area contributed by atoms with E-state index >= 15 is 0 Å². The van der Waals surface area contributed by atoms with E-state index in [1.165, 1.54) is 0 Å². The first-order chi connectivity index (χ1) is 10.2. The van der Waals surface area contributed by atoms with Crippen LogP contribution in [0.15, 0.2) is 30.3 Å². The Morgan fingerprint density at radius 2 is 1.76 bits per heavy atom. The monoisotopic (exact) mass is 306 g/mol. The molecule has 2 aliphatic rings. The van der Waals surface area contributed by atoms with E-state index in [-0.39, 0.29) is 24.4 Å². The molecule has 6 heteroatoms. The van der Waals surface area contributed by atoms with E-state index < -0.39 is 16.8 Å². The number of carbonyl (C=O) groups excluding carboxylic acids is 2. The first kappa shape index (κ1) is 14.3. The van der Waals surface area contributed by atoms with Gasteiger partial charge in [-0.05, 0) is 18.4 Å². The van der Waals surface area contributed by atoms with Crippen LogP contribution in [0.3, 0.4) is 0 Å². The Kier molecular flexibility index (Phi) is 4.05. The molecule has 1 aromatic carbocycles. The van der Waals surface area contributed by atoms with Crippen molar-refractivity contribution in [3.63, 3.8) is 0 Å². The fourth-order valence-corrected chi connectivity index (χ4v) is 4.32. The van der Waals surface area contributed by atoms with Crippen LogP contribution >= 0.6 is 0 Å². The van der Waals surface area contributed by atoms with Gasteiger partial charge in [0.1, 0.15) is 6.04 Å². The zero-order valence-electron chi connectivity index (χ0n) is 11.7. The third kappa shape index (κ3) is 2.85. The van der Waals surface area contributed by atoms with Gasteiger partial charge in [-0.3, -0.25) is 13.8 Å². The van der Waals surface area contributed by atoms with Gasteiger partial charge in [0.25, 0.3) is 0 Å². The standard InChI is InChI=1S/C15H18N2O3S/c18-13-10-16-15(19)14(11-4-2-1-3-5-11)17(13)12-6-8-21(20)9-7-12/h1-5,12,14H,6-10H2,(H,16,19). The minimum absolute atomic E-state index is 0.00598. The van der Waals surface area contributed by atoms with Crippen LogP contribution in [0, 0.1) is 0 Å². The molecule has 0 saturated carbocycles. The molecule has 2 fully saturated rings. The number of rotatable bonds is 2. The van der Waals surface area contributed by atoms with Crippen LogP contribution in [0.4, 0.5) is 0 Å². The molecule has 0 bridgehead atoms. The highest BCUT2D eigenvalue weighted by Crippen LogP contribution is 2.29. The summed E-state index contributed by atoms with van der Waals surface area (Å²) in [6.45, 7) is 0.0573.